The van der Waals surface area contributed by atoms with Crippen molar-refractivity contribution in [1.82, 2.24) is 10.3 Å². The van der Waals surface area contributed by atoms with Crippen LogP contribution in [0, 0.1) is 5.92 Å². The topological polar surface area (TPSA) is 54.0 Å². The second-order valence-corrected chi connectivity index (χ2v) is 5.25. The van der Waals surface area contributed by atoms with E-state index in [0.29, 0.717) is 18.9 Å². The molecule has 2 aromatic rings. The smallest absolute Gasteiger partial charge is 0.221 e. The molecule has 0 radical (unpaired) electrons. The molecule has 1 amide bonds. The molecule has 0 aliphatic rings. The number of rotatable bonds is 6. The molecular formula is C16H21N3O. The van der Waals surface area contributed by atoms with E-state index in [4.69, 9.17) is 0 Å². The zero-order valence-corrected chi connectivity index (χ0v) is 12.0. The number of nitrogens with one attached hydrogen (secondary N) is 2. The molecule has 20 heavy (non-hydrogen) atoms. The predicted molar refractivity (Wildman–Crippen MR) is 82.7 cm³/mol. The summed E-state index contributed by atoms with van der Waals surface area (Å²) in [5.74, 6) is 0.570. The quantitative estimate of drug-likeness (QED) is 0.849. The lowest BCUT2D eigenvalue weighted by Crippen LogP contribution is -2.28. The number of pyridine rings is 1. The molecule has 0 aliphatic heterocycles. The van der Waals surface area contributed by atoms with E-state index in [2.05, 4.69) is 29.5 Å². The molecule has 1 aromatic carbocycles. The van der Waals surface area contributed by atoms with E-state index < -0.39 is 0 Å². The standard InChI is InChI=1S/C16H21N3O/c1-12(2)11-19-16(20)8-10-18-15-7-9-17-14-6-4-3-5-13(14)15/h3-7,9,12H,8,10-11H2,1-2H3,(H,17,18)(H,19,20). The highest BCUT2D eigenvalue weighted by molar-refractivity contribution is 5.91. The van der Waals surface area contributed by atoms with Crippen molar-refractivity contribution in [3.05, 3.63) is 36.5 Å². The number of anilines is 1. The lowest BCUT2D eigenvalue weighted by atomic mass is 10.2. The second kappa shape index (κ2) is 6.89. The van der Waals surface area contributed by atoms with Crippen molar-refractivity contribution in [3.63, 3.8) is 0 Å². The number of carbonyl (C=O) groups excluding carboxylic acids is 1. The Morgan fingerprint density at radius 3 is 2.85 bits per heavy atom. The Labute approximate surface area is 119 Å². The van der Waals surface area contributed by atoms with Crippen LogP contribution in [0.4, 0.5) is 5.69 Å². The lowest BCUT2D eigenvalue weighted by Gasteiger charge is -2.10. The van der Waals surface area contributed by atoms with Crippen LogP contribution in [-0.4, -0.2) is 24.0 Å². The van der Waals surface area contributed by atoms with Crippen molar-refractivity contribution in [3.8, 4) is 0 Å². The largest absolute Gasteiger partial charge is 0.384 e. The molecule has 2 N–H and O–H groups in total. The molecule has 0 unspecified atom stereocenters. The highest BCUT2D eigenvalue weighted by atomic mass is 16.1. The average Bonchev–Trinajstić information content (AvgIpc) is 2.45. The van der Waals surface area contributed by atoms with E-state index in [-0.39, 0.29) is 5.91 Å². The maximum atomic E-state index is 11.6. The molecule has 4 heteroatoms. The molecule has 0 atom stereocenters. The molecule has 1 aromatic heterocycles. The molecule has 2 rings (SSSR count). The van der Waals surface area contributed by atoms with Crippen LogP contribution in [0.1, 0.15) is 20.3 Å². The number of amides is 1. The third-order valence-electron chi connectivity index (χ3n) is 3.02. The highest BCUT2D eigenvalue weighted by Gasteiger charge is 2.04. The van der Waals surface area contributed by atoms with E-state index in [1.165, 1.54) is 0 Å². The molecule has 4 nitrogen and oxygen atoms in total. The van der Waals surface area contributed by atoms with Crippen LogP contribution in [-0.2, 0) is 4.79 Å². The summed E-state index contributed by atoms with van der Waals surface area (Å²) in [5.41, 5.74) is 1.98. The van der Waals surface area contributed by atoms with Gasteiger partial charge in [0.1, 0.15) is 0 Å². The van der Waals surface area contributed by atoms with Crippen molar-refractivity contribution in [1.29, 1.82) is 0 Å². The van der Waals surface area contributed by atoms with E-state index in [9.17, 15) is 4.79 Å². The Kier molecular flexibility index (Phi) is 4.93. The fraction of sp³-hybridized carbons (Fsp3) is 0.375. The molecule has 106 valence electrons. The molecule has 1 heterocycles. The van der Waals surface area contributed by atoms with Gasteiger partial charge >= 0.3 is 0 Å². The van der Waals surface area contributed by atoms with E-state index in [0.717, 1.165) is 23.1 Å². The van der Waals surface area contributed by atoms with Gasteiger partial charge in [-0.1, -0.05) is 32.0 Å². The van der Waals surface area contributed by atoms with Gasteiger partial charge in [0.25, 0.3) is 0 Å². The van der Waals surface area contributed by atoms with Crippen molar-refractivity contribution in [2.75, 3.05) is 18.4 Å². The zero-order valence-electron chi connectivity index (χ0n) is 12.0. The van der Waals surface area contributed by atoms with E-state index in [1.807, 2.05) is 30.3 Å². The van der Waals surface area contributed by atoms with Crippen molar-refractivity contribution < 1.29 is 4.79 Å². The summed E-state index contributed by atoms with van der Waals surface area (Å²) in [6, 6.07) is 9.91. The van der Waals surface area contributed by atoms with Gasteiger partial charge in [0.2, 0.25) is 5.91 Å². The number of aromatic nitrogens is 1. The van der Waals surface area contributed by atoms with Crippen LogP contribution >= 0.6 is 0 Å². The molecule has 0 spiro atoms. The number of hydrogen-bond acceptors (Lipinski definition) is 3. The summed E-state index contributed by atoms with van der Waals surface area (Å²) < 4.78 is 0. The average molecular weight is 271 g/mol. The second-order valence-electron chi connectivity index (χ2n) is 5.25. The normalized spacial score (nSPS) is 10.8. The summed E-state index contributed by atoms with van der Waals surface area (Å²) in [5, 5.41) is 7.30. The minimum absolute atomic E-state index is 0.0876. The summed E-state index contributed by atoms with van der Waals surface area (Å²) in [6.07, 6.45) is 2.26. The van der Waals surface area contributed by atoms with E-state index in [1.54, 1.807) is 6.20 Å². The SMILES string of the molecule is CC(C)CNC(=O)CCNc1ccnc2ccccc12. The number of carbonyl (C=O) groups is 1. The van der Waals surface area contributed by atoms with Crippen molar-refractivity contribution in [2.45, 2.75) is 20.3 Å². The maximum Gasteiger partial charge on any atom is 0.221 e. The van der Waals surface area contributed by atoms with Crippen LogP contribution in [0.3, 0.4) is 0 Å². The van der Waals surface area contributed by atoms with Gasteiger partial charge in [0.05, 0.1) is 5.52 Å². The molecule has 0 saturated heterocycles. The number of nitrogens with zero attached hydrogens (tertiary/aromatic N) is 1. The minimum Gasteiger partial charge on any atom is -0.384 e. The number of benzene rings is 1. The Morgan fingerprint density at radius 1 is 1.25 bits per heavy atom. The molecular weight excluding hydrogens is 250 g/mol. The Bertz CT molecular complexity index is 575. The van der Waals surface area contributed by atoms with Gasteiger partial charge < -0.3 is 10.6 Å². The Morgan fingerprint density at radius 2 is 2.05 bits per heavy atom. The van der Waals surface area contributed by atoms with Crippen LogP contribution < -0.4 is 10.6 Å². The predicted octanol–water partition coefficient (Wildman–Crippen LogP) is 2.81. The first-order valence-electron chi connectivity index (χ1n) is 7.01. The molecule has 0 bridgehead atoms. The number of hydrogen-bond donors (Lipinski definition) is 2. The third-order valence-corrected chi connectivity index (χ3v) is 3.02. The first-order chi connectivity index (χ1) is 9.66. The van der Waals surface area contributed by atoms with Gasteiger partial charge in [-0.2, -0.15) is 0 Å². The van der Waals surface area contributed by atoms with Crippen LogP contribution in [0.15, 0.2) is 36.5 Å². The highest BCUT2D eigenvalue weighted by Crippen LogP contribution is 2.20. The first kappa shape index (κ1) is 14.3. The Hall–Kier alpha value is -2.10. The summed E-state index contributed by atoms with van der Waals surface area (Å²) in [6.45, 7) is 5.53. The van der Waals surface area contributed by atoms with Crippen molar-refractivity contribution >= 4 is 22.5 Å². The third kappa shape index (κ3) is 3.95. The maximum absolute atomic E-state index is 11.6. The zero-order chi connectivity index (χ0) is 14.4. The number of para-hydroxylation sites is 1. The van der Waals surface area contributed by atoms with Gasteiger partial charge in [-0.3, -0.25) is 9.78 Å². The summed E-state index contributed by atoms with van der Waals surface area (Å²) in [7, 11) is 0. The van der Waals surface area contributed by atoms with Crippen molar-refractivity contribution in [2.24, 2.45) is 5.92 Å². The molecule has 0 aliphatic carbocycles. The van der Waals surface area contributed by atoms with Crippen LogP contribution in [0.25, 0.3) is 10.9 Å². The number of fused-ring (bicyclic) bond motifs is 1. The fourth-order valence-electron chi connectivity index (χ4n) is 1.97. The lowest BCUT2D eigenvalue weighted by molar-refractivity contribution is -0.120. The minimum atomic E-state index is 0.0876. The van der Waals surface area contributed by atoms with Gasteiger partial charge in [0.15, 0.2) is 0 Å². The Balaban J connectivity index is 1.88. The van der Waals surface area contributed by atoms with Crippen LogP contribution in [0.2, 0.25) is 0 Å². The summed E-state index contributed by atoms with van der Waals surface area (Å²) in [4.78, 5) is 16.0. The van der Waals surface area contributed by atoms with E-state index >= 15 is 0 Å². The molecule has 0 saturated carbocycles. The van der Waals surface area contributed by atoms with Gasteiger partial charge in [-0.15, -0.1) is 0 Å². The van der Waals surface area contributed by atoms with Gasteiger partial charge in [0, 0.05) is 36.8 Å². The van der Waals surface area contributed by atoms with Gasteiger partial charge in [-0.25, -0.2) is 0 Å². The fourth-order valence-corrected chi connectivity index (χ4v) is 1.97. The summed E-state index contributed by atoms with van der Waals surface area (Å²) >= 11 is 0. The van der Waals surface area contributed by atoms with Crippen LogP contribution in [0.5, 0.6) is 0 Å². The molecule has 0 fully saturated rings. The monoisotopic (exact) mass is 271 g/mol. The first-order valence-corrected chi connectivity index (χ1v) is 7.01. The van der Waals surface area contributed by atoms with Gasteiger partial charge in [-0.05, 0) is 18.1 Å².